The molecule has 0 N–H and O–H groups in total. The molecule has 0 heterocycles. The summed E-state index contributed by atoms with van der Waals surface area (Å²) in [6.45, 7) is 15.9. The van der Waals surface area contributed by atoms with Crippen molar-refractivity contribution in [3.63, 3.8) is 0 Å². The number of aliphatic imine (C=N–C) groups is 1. The lowest BCUT2D eigenvalue weighted by Gasteiger charge is -2.06. The molecule has 0 saturated carbocycles. The van der Waals surface area contributed by atoms with Crippen LogP contribution in [0.1, 0.15) is 40.5 Å². The molecule has 1 heteroatoms. The zero-order valence-corrected chi connectivity index (χ0v) is 12.2. The first-order chi connectivity index (χ1) is 8.54. The minimum atomic E-state index is 0.934. The van der Waals surface area contributed by atoms with E-state index in [0.717, 1.165) is 24.1 Å². The highest BCUT2D eigenvalue weighted by atomic mass is 14.7. The highest BCUT2D eigenvalue weighted by Gasteiger charge is 1.99. The zero-order chi connectivity index (χ0) is 14.0. The van der Waals surface area contributed by atoms with E-state index in [1.807, 2.05) is 31.4 Å². The molecule has 0 spiro atoms. The van der Waals surface area contributed by atoms with E-state index in [1.54, 1.807) is 6.08 Å². The summed E-state index contributed by atoms with van der Waals surface area (Å²) >= 11 is 0. The quantitative estimate of drug-likeness (QED) is 0.323. The van der Waals surface area contributed by atoms with E-state index >= 15 is 0 Å². The van der Waals surface area contributed by atoms with Crippen LogP contribution in [0.4, 0.5) is 0 Å². The SMILES string of the molecule is C=C/C=C(\C=C/C)/C=N/C(C)=C(/CC)CC(=C)C. The number of nitrogens with zero attached hydrogens (tertiary/aromatic N) is 1. The van der Waals surface area contributed by atoms with Gasteiger partial charge in [0.15, 0.2) is 0 Å². The van der Waals surface area contributed by atoms with Gasteiger partial charge in [0.05, 0.1) is 0 Å². The summed E-state index contributed by atoms with van der Waals surface area (Å²) in [5.74, 6) is 0. The topological polar surface area (TPSA) is 12.4 Å². The smallest absolute Gasteiger partial charge is 0.0368 e. The molecule has 0 fully saturated rings. The van der Waals surface area contributed by atoms with Gasteiger partial charge in [0.2, 0.25) is 0 Å². The number of hydrogen-bond donors (Lipinski definition) is 0. The molecule has 0 aromatic carbocycles. The Hall–Kier alpha value is -1.63. The summed E-state index contributed by atoms with van der Waals surface area (Å²) in [7, 11) is 0. The molecule has 0 amide bonds. The van der Waals surface area contributed by atoms with Crippen molar-refractivity contribution in [1.29, 1.82) is 0 Å². The predicted octanol–water partition coefficient (Wildman–Crippen LogP) is 5.40. The van der Waals surface area contributed by atoms with Gasteiger partial charge in [-0.2, -0.15) is 0 Å². The Bertz CT molecular complexity index is 403. The highest BCUT2D eigenvalue weighted by molar-refractivity contribution is 5.83. The lowest BCUT2D eigenvalue weighted by Crippen LogP contribution is -1.89. The second-order valence-electron chi connectivity index (χ2n) is 4.34. The third kappa shape index (κ3) is 6.85. The summed E-state index contributed by atoms with van der Waals surface area (Å²) in [6, 6.07) is 0. The van der Waals surface area contributed by atoms with Gasteiger partial charge in [-0.15, -0.1) is 0 Å². The standard InChI is InChI=1S/C17H25N/c1-7-10-16(11-8-2)13-18-15(6)17(9-3)12-14(4)5/h7-8,10-11,13H,1,4,9,12H2,2-3,5-6H3/b11-8-,16-10+,17-15-,18-13+. The third-order valence-electron chi connectivity index (χ3n) is 2.53. The molecule has 0 unspecified atom stereocenters. The molecule has 1 nitrogen and oxygen atoms in total. The van der Waals surface area contributed by atoms with Gasteiger partial charge in [-0.25, -0.2) is 0 Å². The van der Waals surface area contributed by atoms with Crippen molar-refractivity contribution < 1.29 is 0 Å². The van der Waals surface area contributed by atoms with Crippen LogP contribution >= 0.6 is 0 Å². The van der Waals surface area contributed by atoms with Crippen LogP contribution in [-0.2, 0) is 0 Å². The average Bonchev–Trinajstić information content (AvgIpc) is 2.33. The molecule has 0 rings (SSSR count). The van der Waals surface area contributed by atoms with Crippen LogP contribution in [0, 0.1) is 0 Å². The fourth-order valence-electron chi connectivity index (χ4n) is 1.61. The first kappa shape index (κ1) is 16.4. The number of hydrogen-bond acceptors (Lipinski definition) is 1. The van der Waals surface area contributed by atoms with Crippen molar-refractivity contribution in [3.8, 4) is 0 Å². The van der Waals surface area contributed by atoms with Gasteiger partial charge in [0, 0.05) is 11.9 Å². The molecule has 0 radical (unpaired) electrons. The van der Waals surface area contributed by atoms with E-state index < -0.39 is 0 Å². The van der Waals surface area contributed by atoms with Gasteiger partial charge in [0.25, 0.3) is 0 Å². The summed E-state index contributed by atoms with van der Waals surface area (Å²) in [5.41, 5.74) is 4.66. The van der Waals surface area contributed by atoms with Crippen molar-refractivity contribution in [2.24, 2.45) is 4.99 Å². The largest absolute Gasteiger partial charge is 0.261 e. The van der Waals surface area contributed by atoms with Crippen LogP contribution in [0.3, 0.4) is 0 Å². The van der Waals surface area contributed by atoms with Crippen molar-refractivity contribution in [1.82, 2.24) is 0 Å². The molecule has 98 valence electrons. The maximum atomic E-state index is 4.53. The molecule has 0 aromatic heterocycles. The van der Waals surface area contributed by atoms with Crippen LogP contribution < -0.4 is 0 Å². The van der Waals surface area contributed by atoms with E-state index in [4.69, 9.17) is 0 Å². The van der Waals surface area contributed by atoms with Crippen molar-refractivity contribution >= 4 is 6.21 Å². The average molecular weight is 243 g/mol. The molecular weight excluding hydrogens is 218 g/mol. The summed E-state index contributed by atoms with van der Waals surface area (Å²) < 4.78 is 0. The van der Waals surface area contributed by atoms with Crippen LogP contribution in [0.5, 0.6) is 0 Å². The fourth-order valence-corrected chi connectivity index (χ4v) is 1.61. The third-order valence-corrected chi connectivity index (χ3v) is 2.53. The molecule has 0 saturated heterocycles. The zero-order valence-electron chi connectivity index (χ0n) is 12.2. The minimum absolute atomic E-state index is 0.934. The van der Waals surface area contributed by atoms with Crippen LogP contribution in [0.15, 0.2) is 64.9 Å². The maximum Gasteiger partial charge on any atom is 0.0368 e. The molecule has 0 atom stereocenters. The minimum Gasteiger partial charge on any atom is -0.261 e. The van der Waals surface area contributed by atoms with Crippen molar-refractivity contribution in [2.45, 2.75) is 40.5 Å². The predicted molar refractivity (Wildman–Crippen MR) is 84.0 cm³/mol. The fraction of sp³-hybridized carbons (Fsp3) is 0.353. The molecule has 0 aliphatic heterocycles. The molecule has 0 aliphatic rings. The van der Waals surface area contributed by atoms with Gasteiger partial charge in [-0.05, 0) is 44.8 Å². The molecule has 0 aromatic rings. The Morgan fingerprint density at radius 3 is 2.39 bits per heavy atom. The van der Waals surface area contributed by atoms with Crippen LogP contribution in [-0.4, -0.2) is 6.21 Å². The Morgan fingerprint density at radius 2 is 1.94 bits per heavy atom. The summed E-state index contributed by atoms with van der Waals surface area (Å²) in [6.07, 6.45) is 11.6. The van der Waals surface area contributed by atoms with E-state index in [0.29, 0.717) is 0 Å². The summed E-state index contributed by atoms with van der Waals surface area (Å²) in [5, 5.41) is 0. The normalized spacial score (nSPS) is 14.1. The first-order valence-corrected chi connectivity index (χ1v) is 6.37. The Labute approximate surface area is 112 Å². The highest BCUT2D eigenvalue weighted by Crippen LogP contribution is 2.17. The van der Waals surface area contributed by atoms with Gasteiger partial charge in [-0.3, -0.25) is 4.99 Å². The lowest BCUT2D eigenvalue weighted by atomic mass is 10.0. The maximum absolute atomic E-state index is 4.53. The second kappa shape index (κ2) is 9.41. The van der Waals surface area contributed by atoms with Crippen molar-refractivity contribution in [3.05, 3.63) is 59.9 Å². The molecular formula is C17H25N. The monoisotopic (exact) mass is 243 g/mol. The molecule has 18 heavy (non-hydrogen) atoms. The van der Waals surface area contributed by atoms with Gasteiger partial charge >= 0.3 is 0 Å². The Morgan fingerprint density at radius 1 is 1.28 bits per heavy atom. The number of allylic oxidation sites excluding steroid dienone is 8. The Balaban J connectivity index is 5.03. The van der Waals surface area contributed by atoms with Gasteiger partial charge in [0.1, 0.15) is 0 Å². The molecule has 0 bridgehead atoms. The van der Waals surface area contributed by atoms with E-state index in [9.17, 15) is 0 Å². The lowest BCUT2D eigenvalue weighted by molar-refractivity contribution is 0.953. The van der Waals surface area contributed by atoms with Crippen LogP contribution in [0.2, 0.25) is 0 Å². The first-order valence-electron chi connectivity index (χ1n) is 6.37. The van der Waals surface area contributed by atoms with Crippen LogP contribution in [0.25, 0.3) is 0 Å². The van der Waals surface area contributed by atoms with E-state index in [1.165, 1.54) is 11.1 Å². The summed E-state index contributed by atoms with van der Waals surface area (Å²) in [4.78, 5) is 4.53. The number of rotatable bonds is 7. The van der Waals surface area contributed by atoms with E-state index in [2.05, 4.69) is 38.9 Å². The van der Waals surface area contributed by atoms with Crippen molar-refractivity contribution in [2.75, 3.05) is 0 Å². The van der Waals surface area contributed by atoms with Gasteiger partial charge in [-0.1, -0.05) is 50.0 Å². The second-order valence-corrected chi connectivity index (χ2v) is 4.34. The molecule has 0 aliphatic carbocycles. The van der Waals surface area contributed by atoms with Gasteiger partial charge < -0.3 is 0 Å². The Kier molecular flexibility index (Phi) is 8.55. The van der Waals surface area contributed by atoms with E-state index in [-0.39, 0.29) is 0 Å².